The van der Waals surface area contributed by atoms with Crippen LogP contribution in [0.25, 0.3) is 0 Å². The Morgan fingerprint density at radius 3 is 2.35 bits per heavy atom. The summed E-state index contributed by atoms with van der Waals surface area (Å²) in [7, 11) is 0. The second kappa shape index (κ2) is 7.55. The van der Waals surface area contributed by atoms with E-state index in [1.807, 2.05) is 27.0 Å². The van der Waals surface area contributed by atoms with E-state index in [9.17, 15) is 9.59 Å². The van der Waals surface area contributed by atoms with Gasteiger partial charge in [-0.15, -0.1) is 0 Å². The van der Waals surface area contributed by atoms with E-state index in [4.69, 9.17) is 5.11 Å². The number of amides is 1. The highest BCUT2D eigenvalue weighted by Gasteiger charge is 2.20. The van der Waals surface area contributed by atoms with Crippen LogP contribution in [0.15, 0.2) is 0 Å². The van der Waals surface area contributed by atoms with Crippen LogP contribution in [-0.2, 0) is 9.59 Å². The van der Waals surface area contributed by atoms with E-state index in [-0.39, 0.29) is 18.0 Å². The van der Waals surface area contributed by atoms with Gasteiger partial charge in [0.2, 0.25) is 5.91 Å². The standard InChI is InChI=1S/C11H22N2O3S/c1-11(2,3)12-7-9(14)13-8(10(15)16)5-6-17-4/h8,12H,5-7H2,1-4H3,(H,13,14)(H,15,16)/t8-/m1/s1. The summed E-state index contributed by atoms with van der Waals surface area (Å²) in [6, 6.07) is -0.795. The third kappa shape index (κ3) is 9.00. The van der Waals surface area contributed by atoms with Crippen molar-refractivity contribution in [3.8, 4) is 0 Å². The maximum Gasteiger partial charge on any atom is 0.326 e. The molecule has 0 saturated heterocycles. The second-order valence-corrected chi connectivity index (χ2v) is 5.83. The van der Waals surface area contributed by atoms with E-state index in [0.29, 0.717) is 12.2 Å². The van der Waals surface area contributed by atoms with E-state index in [0.717, 1.165) is 0 Å². The first-order valence-electron chi connectivity index (χ1n) is 5.52. The molecule has 1 atom stereocenters. The van der Waals surface area contributed by atoms with Crippen molar-refractivity contribution in [2.75, 3.05) is 18.6 Å². The summed E-state index contributed by atoms with van der Waals surface area (Å²) >= 11 is 1.56. The highest BCUT2D eigenvalue weighted by molar-refractivity contribution is 7.98. The Morgan fingerprint density at radius 1 is 1.35 bits per heavy atom. The van der Waals surface area contributed by atoms with Gasteiger partial charge in [0.1, 0.15) is 6.04 Å². The molecule has 0 rings (SSSR count). The molecule has 0 aromatic heterocycles. The van der Waals surface area contributed by atoms with Crippen molar-refractivity contribution in [3.63, 3.8) is 0 Å². The fourth-order valence-corrected chi connectivity index (χ4v) is 1.56. The summed E-state index contributed by atoms with van der Waals surface area (Å²) in [5, 5.41) is 14.5. The average Bonchev–Trinajstić information content (AvgIpc) is 2.19. The molecule has 0 aliphatic carbocycles. The summed E-state index contributed by atoms with van der Waals surface area (Å²) in [4.78, 5) is 22.4. The summed E-state index contributed by atoms with van der Waals surface area (Å²) in [6.45, 7) is 5.97. The van der Waals surface area contributed by atoms with Gasteiger partial charge in [0.15, 0.2) is 0 Å². The Balaban J connectivity index is 4.08. The van der Waals surface area contributed by atoms with Gasteiger partial charge in [0.05, 0.1) is 6.54 Å². The molecule has 0 fully saturated rings. The van der Waals surface area contributed by atoms with Gasteiger partial charge in [-0.1, -0.05) is 0 Å². The fraction of sp³-hybridized carbons (Fsp3) is 0.818. The Morgan fingerprint density at radius 2 is 1.94 bits per heavy atom. The van der Waals surface area contributed by atoms with Gasteiger partial charge in [0.25, 0.3) is 0 Å². The molecule has 0 aromatic carbocycles. The van der Waals surface area contributed by atoms with E-state index < -0.39 is 12.0 Å². The molecule has 5 nitrogen and oxygen atoms in total. The lowest BCUT2D eigenvalue weighted by Crippen LogP contribution is -2.48. The molecule has 6 heteroatoms. The molecule has 0 spiro atoms. The van der Waals surface area contributed by atoms with Gasteiger partial charge >= 0.3 is 5.97 Å². The normalized spacial score (nSPS) is 13.2. The van der Waals surface area contributed by atoms with E-state index in [2.05, 4.69) is 10.6 Å². The predicted octanol–water partition coefficient (Wildman–Crippen LogP) is 0.697. The van der Waals surface area contributed by atoms with E-state index in [1.54, 1.807) is 11.8 Å². The number of carbonyl (C=O) groups excluding carboxylic acids is 1. The highest BCUT2D eigenvalue weighted by atomic mass is 32.2. The average molecular weight is 262 g/mol. The van der Waals surface area contributed by atoms with Gasteiger partial charge in [-0.2, -0.15) is 11.8 Å². The van der Waals surface area contributed by atoms with Gasteiger partial charge in [-0.25, -0.2) is 4.79 Å². The van der Waals surface area contributed by atoms with E-state index >= 15 is 0 Å². The van der Waals surface area contributed by atoms with Crippen LogP contribution in [0, 0.1) is 0 Å². The van der Waals surface area contributed by atoms with Crippen molar-refractivity contribution in [1.82, 2.24) is 10.6 Å². The van der Waals surface area contributed by atoms with Gasteiger partial charge in [-0.3, -0.25) is 4.79 Å². The quantitative estimate of drug-likeness (QED) is 0.629. The monoisotopic (exact) mass is 262 g/mol. The maximum atomic E-state index is 11.5. The minimum Gasteiger partial charge on any atom is -0.480 e. The number of rotatable bonds is 7. The molecular formula is C11H22N2O3S. The van der Waals surface area contributed by atoms with Gasteiger partial charge in [-0.05, 0) is 39.2 Å². The SMILES string of the molecule is CSCC[C@@H](NC(=O)CNC(C)(C)C)C(=O)O. The lowest BCUT2D eigenvalue weighted by atomic mass is 10.1. The van der Waals surface area contributed by atoms with Crippen molar-refractivity contribution in [3.05, 3.63) is 0 Å². The van der Waals surface area contributed by atoms with Crippen LogP contribution >= 0.6 is 11.8 Å². The molecule has 0 unspecified atom stereocenters. The number of hydrogen-bond acceptors (Lipinski definition) is 4. The number of hydrogen-bond donors (Lipinski definition) is 3. The number of nitrogens with one attached hydrogen (secondary N) is 2. The summed E-state index contributed by atoms with van der Waals surface area (Å²) in [6.07, 6.45) is 2.35. The number of thioether (sulfide) groups is 1. The fourth-order valence-electron chi connectivity index (χ4n) is 1.08. The Kier molecular flexibility index (Phi) is 7.22. The van der Waals surface area contributed by atoms with Crippen molar-refractivity contribution < 1.29 is 14.7 Å². The summed E-state index contributed by atoms with van der Waals surface area (Å²) < 4.78 is 0. The molecule has 0 radical (unpaired) electrons. The minimum absolute atomic E-state index is 0.131. The molecule has 100 valence electrons. The van der Waals surface area contributed by atoms with Crippen LogP contribution in [-0.4, -0.2) is 47.1 Å². The molecule has 0 bridgehead atoms. The smallest absolute Gasteiger partial charge is 0.326 e. The third-order valence-electron chi connectivity index (χ3n) is 2.02. The zero-order valence-corrected chi connectivity index (χ0v) is 11.7. The maximum absolute atomic E-state index is 11.5. The molecular weight excluding hydrogens is 240 g/mol. The van der Waals surface area contributed by atoms with Crippen LogP contribution in [0.2, 0.25) is 0 Å². The summed E-state index contributed by atoms with van der Waals surface area (Å²) in [5.41, 5.74) is -0.157. The van der Waals surface area contributed by atoms with Crippen LogP contribution in [0.3, 0.4) is 0 Å². The second-order valence-electron chi connectivity index (χ2n) is 4.84. The van der Waals surface area contributed by atoms with E-state index in [1.165, 1.54) is 0 Å². The van der Waals surface area contributed by atoms with Crippen molar-refractivity contribution >= 4 is 23.6 Å². The number of carbonyl (C=O) groups is 2. The zero-order chi connectivity index (χ0) is 13.5. The molecule has 0 heterocycles. The van der Waals surface area contributed by atoms with Crippen molar-refractivity contribution in [2.24, 2.45) is 0 Å². The molecule has 17 heavy (non-hydrogen) atoms. The number of carboxylic acids is 1. The molecule has 0 saturated carbocycles. The van der Waals surface area contributed by atoms with Crippen LogP contribution in [0.1, 0.15) is 27.2 Å². The first kappa shape index (κ1) is 16.2. The Labute approximate surface area is 107 Å². The summed E-state index contributed by atoms with van der Waals surface area (Å²) in [5.74, 6) is -0.555. The molecule has 1 amide bonds. The number of aliphatic carboxylic acids is 1. The largest absolute Gasteiger partial charge is 0.480 e. The van der Waals surface area contributed by atoms with Crippen LogP contribution in [0.4, 0.5) is 0 Å². The Hall–Kier alpha value is -0.750. The zero-order valence-electron chi connectivity index (χ0n) is 10.9. The van der Waals surface area contributed by atoms with Crippen LogP contribution < -0.4 is 10.6 Å². The Bertz CT molecular complexity index is 264. The predicted molar refractivity (Wildman–Crippen MR) is 70.3 cm³/mol. The lowest BCUT2D eigenvalue weighted by Gasteiger charge is -2.21. The van der Waals surface area contributed by atoms with Gasteiger partial charge in [0, 0.05) is 5.54 Å². The number of carboxylic acid groups (broad SMARTS) is 1. The topological polar surface area (TPSA) is 78.4 Å². The molecule has 3 N–H and O–H groups in total. The van der Waals surface area contributed by atoms with Crippen molar-refractivity contribution in [1.29, 1.82) is 0 Å². The van der Waals surface area contributed by atoms with Crippen molar-refractivity contribution in [2.45, 2.75) is 38.8 Å². The molecule has 0 aliphatic heterocycles. The first-order valence-corrected chi connectivity index (χ1v) is 6.92. The lowest BCUT2D eigenvalue weighted by molar-refractivity contribution is -0.141. The highest BCUT2D eigenvalue weighted by Crippen LogP contribution is 2.01. The van der Waals surface area contributed by atoms with Crippen LogP contribution in [0.5, 0.6) is 0 Å². The third-order valence-corrected chi connectivity index (χ3v) is 2.67. The molecule has 0 aromatic rings. The minimum atomic E-state index is -0.983. The van der Waals surface area contributed by atoms with Gasteiger partial charge < -0.3 is 15.7 Å². The first-order chi connectivity index (χ1) is 7.76. The molecule has 0 aliphatic rings.